The zero-order valence-electron chi connectivity index (χ0n) is 21.1. The van der Waals surface area contributed by atoms with Crippen molar-refractivity contribution < 1.29 is 0 Å². The van der Waals surface area contributed by atoms with Crippen LogP contribution in [0.25, 0.3) is 5.57 Å². The second kappa shape index (κ2) is 16.1. The summed E-state index contributed by atoms with van der Waals surface area (Å²) in [5.74, 6) is 0.300. The molecule has 0 bridgehead atoms. The Labute approximate surface area is 192 Å². The Morgan fingerprint density at radius 3 is 2.23 bits per heavy atom. The highest BCUT2D eigenvalue weighted by atomic mass is 14.7. The van der Waals surface area contributed by atoms with Crippen molar-refractivity contribution in [1.82, 2.24) is 0 Å². The molecule has 31 heavy (non-hydrogen) atoms. The monoisotopic (exact) mass is 417 g/mol. The van der Waals surface area contributed by atoms with Crippen molar-refractivity contribution in [2.45, 2.75) is 74.1 Å². The molecule has 0 radical (unpaired) electrons. The van der Waals surface area contributed by atoms with Gasteiger partial charge in [-0.25, -0.2) is 0 Å². The Morgan fingerprint density at radius 2 is 1.71 bits per heavy atom. The van der Waals surface area contributed by atoms with Gasteiger partial charge in [0.2, 0.25) is 0 Å². The van der Waals surface area contributed by atoms with E-state index < -0.39 is 0 Å². The number of aliphatic imine (C=N–C) groups is 1. The van der Waals surface area contributed by atoms with Gasteiger partial charge in [0, 0.05) is 17.8 Å². The van der Waals surface area contributed by atoms with Crippen LogP contribution in [-0.4, -0.2) is 5.71 Å². The lowest BCUT2D eigenvalue weighted by Crippen LogP contribution is -2.03. The van der Waals surface area contributed by atoms with E-state index in [9.17, 15) is 0 Å². The molecule has 1 nitrogen and oxygen atoms in total. The number of benzene rings is 2. The molecule has 0 aliphatic carbocycles. The van der Waals surface area contributed by atoms with Crippen LogP contribution < -0.4 is 0 Å². The maximum atomic E-state index is 4.58. The summed E-state index contributed by atoms with van der Waals surface area (Å²) in [5, 5.41) is 0. The minimum absolute atomic E-state index is 0.300. The first-order chi connectivity index (χ1) is 14.9. The molecule has 0 heterocycles. The second-order valence-electron chi connectivity index (χ2n) is 7.20. The van der Waals surface area contributed by atoms with E-state index in [2.05, 4.69) is 88.3 Å². The number of nitrogens with zero attached hydrogens (tertiary/aromatic N) is 1. The third-order valence-corrected chi connectivity index (χ3v) is 5.00. The third kappa shape index (κ3) is 8.92. The fourth-order valence-electron chi connectivity index (χ4n) is 3.24. The molecule has 0 saturated carbocycles. The van der Waals surface area contributed by atoms with E-state index in [4.69, 9.17) is 0 Å². The van der Waals surface area contributed by atoms with Crippen LogP contribution in [-0.2, 0) is 6.42 Å². The van der Waals surface area contributed by atoms with Crippen molar-refractivity contribution in [3.63, 3.8) is 0 Å². The van der Waals surface area contributed by atoms with Gasteiger partial charge in [-0.3, -0.25) is 4.99 Å². The van der Waals surface area contributed by atoms with Gasteiger partial charge in [0.25, 0.3) is 0 Å². The maximum absolute atomic E-state index is 4.58. The quantitative estimate of drug-likeness (QED) is 0.314. The average molecular weight is 418 g/mol. The van der Waals surface area contributed by atoms with Crippen LogP contribution in [0.4, 0.5) is 0 Å². The molecule has 2 aromatic carbocycles. The summed E-state index contributed by atoms with van der Waals surface area (Å²) in [6.07, 6.45) is 7.57. The van der Waals surface area contributed by atoms with Crippen molar-refractivity contribution in [2.24, 2.45) is 4.99 Å². The van der Waals surface area contributed by atoms with Crippen LogP contribution in [0.2, 0.25) is 0 Å². The van der Waals surface area contributed by atoms with Crippen LogP contribution in [0, 0.1) is 6.92 Å². The van der Waals surface area contributed by atoms with Gasteiger partial charge < -0.3 is 0 Å². The van der Waals surface area contributed by atoms with Crippen LogP contribution in [0.1, 0.15) is 88.6 Å². The molecule has 1 unspecified atom stereocenters. The second-order valence-corrected chi connectivity index (χ2v) is 7.20. The van der Waals surface area contributed by atoms with Crippen molar-refractivity contribution >= 4 is 11.3 Å². The standard InChI is InChI=1S/C25H31N.C3H6.C2H6/c1-7-15-26-25(9-3)24-14-13-23(16-18(24)4)20(6)19(5)22-12-10-11-21(8-2)17-22;1-3-2;1-2/h7,10-17,19H,6,8-9H2,1-5H3;3H,1H2,2H3;1-2H3/b15-7-,26-25?;;. The highest BCUT2D eigenvalue weighted by molar-refractivity contribution is 6.02. The molecule has 2 rings (SSSR count). The fraction of sp³-hybridized carbons (Fsp3) is 0.367. The van der Waals surface area contributed by atoms with Crippen molar-refractivity contribution in [2.75, 3.05) is 0 Å². The number of hydrogen-bond donors (Lipinski definition) is 0. The summed E-state index contributed by atoms with van der Waals surface area (Å²) in [5.41, 5.74) is 8.69. The summed E-state index contributed by atoms with van der Waals surface area (Å²) in [6.45, 7) is 24.4. The Morgan fingerprint density at radius 1 is 1.06 bits per heavy atom. The Hall–Kier alpha value is -2.67. The number of rotatable bonds is 7. The topological polar surface area (TPSA) is 12.4 Å². The van der Waals surface area contributed by atoms with Gasteiger partial charge in [-0.05, 0) is 67.0 Å². The number of aryl methyl sites for hydroxylation is 2. The lowest BCUT2D eigenvalue weighted by atomic mass is 9.87. The van der Waals surface area contributed by atoms with E-state index in [0.29, 0.717) is 5.92 Å². The molecule has 1 heteroatoms. The van der Waals surface area contributed by atoms with Gasteiger partial charge >= 0.3 is 0 Å². The maximum Gasteiger partial charge on any atom is 0.0475 e. The molecule has 0 spiro atoms. The fourth-order valence-corrected chi connectivity index (χ4v) is 3.24. The molecule has 0 saturated heterocycles. The summed E-state index contributed by atoms with van der Waals surface area (Å²) in [4.78, 5) is 4.58. The van der Waals surface area contributed by atoms with E-state index in [1.807, 2.05) is 40.0 Å². The van der Waals surface area contributed by atoms with Crippen LogP contribution in [0.3, 0.4) is 0 Å². The van der Waals surface area contributed by atoms with Gasteiger partial charge in [0.05, 0.1) is 0 Å². The molecular weight excluding hydrogens is 374 g/mol. The predicted molar refractivity (Wildman–Crippen MR) is 143 cm³/mol. The van der Waals surface area contributed by atoms with Crippen LogP contribution in [0.5, 0.6) is 0 Å². The number of allylic oxidation sites excluding steroid dienone is 3. The Balaban J connectivity index is 0.00000165. The molecule has 168 valence electrons. The van der Waals surface area contributed by atoms with E-state index in [1.54, 1.807) is 6.08 Å². The SMILES string of the molecule is C=C(c1ccc(C(CC)=N/C=C\C)c(C)c1)C(C)c1cccc(CC)c1.C=CC.CC. The van der Waals surface area contributed by atoms with Crippen LogP contribution >= 0.6 is 0 Å². The van der Waals surface area contributed by atoms with Gasteiger partial charge in [-0.1, -0.05) is 95.8 Å². The molecule has 1 atom stereocenters. The summed E-state index contributed by atoms with van der Waals surface area (Å²) in [7, 11) is 0. The van der Waals surface area contributed by atoms with Gasteiger partial charge in [0.1, 0.15) is 0 Å². The highest BCUT2D eigenvalue weighted by Crippen LogP contribution is 2.32. The molecule has 0 aliphatic heterocycles. The van der Waals surface area contributed by atoms with E-state index in [-0.39, 0.29) is 0 Å². The van der Waals surface area contributed by atoms with Gasteiger partial charge in [-0.2, -0.15) is 0 Å². The first-order valence-corrected chi connectivity index (χ1v) is 11.6. The first-order valence-electron chi connectivity index (χ1n) is 11.6. The predicted octanol–water partition coefficient (Wildman–Crippen LogP) is 9.33. The first kappa shape index (κ1) is 28.3. The zero-order valence-corrected chi connectivity index (χ0v) is 21.1. The minimum Gasteiger partial charge on any atom is -0.261 e. The van der Waals surface area contributed by atoms with Gasteiger partial charge in [-0.15, -0.1) is 6.58 Å². The zero-order chi connectivity index (χ0) is 23.8. The Bertz CT molecular complexity index is 868. The van der Waals surface area contributed by atoms with Crippen molar-refractivity contribution in [1.29, 1.82) is 0 Å². The lowest BCUT2D eigenvalue weighted by Gasteiger charge is -2.18. The average Bonchev–Trinajstić information content (AvgIpc) is 2.81. The largest absolute Gasteiger partial charge is 0.261 e. The normalized spacial score (nSPS) is 11.7. The molecule has 0 N–H and O–H groups in total. The minimum atomic E-state index is 0.300. The third-order valence-electron chi connectivity index (χ3n) is 5.00. The molecule has 0 aromatic heterocycles. The summed E-state index contributed by atoms with van der Waals surface area (Å²) >= 11 is 0. The van der Waals surface area contributed by atoms with Crippen molar-refractivity contribution in [3.8, 4) is 0 Å². The van der Waals surface area contributed by atoms with E-state index in [1.165, 1.54) is 27.8 Å². The molecule has 0 aliphatic rings. The molecular formula is C30H43N. The summed E-state index contributed by atoms with van der Waals surface area (Å²) in [6, 6.07) is 15.5. The smallest absolute Gasteiger partial charge is 0.0475 e. The lowest BCUT2D eigenvalue weighted by molar-refractivity contribution is 0.980. The van der Waals surface area contributed by atoms with E-state index >= 15 is 0 Å². The molecule has 2 aromatic rings. The molecule has 0 amide bonds. The van der Waals surface area contributed by atoms with E-state index in [0.717, 1.165) is 24.1 Å². The number of hydrogen-bond acceptors (Lipinski definition) is 1. The van der Waals surface area contributed by atoms with Gasteiger partial charge in [0.15, 0.2) is 0 Å². The van der Waals surface area contributed by atoms with Crippen LogP contribution in [0.15, 0.2) is 79.0 Å². The van der Waals surface area contributed by atoms with Crippen molar-refractivity contribution in [3.05, 3.63) is 102 Å². The highest BCUT2D eigenvalue weighted by Gasteiger charge is 2.14. The summed E-state index contributed by atoms with van der Waals surface area (Å²) < 4.78 is 0. The molecule has 0 fully saturated rings. The Kier molecular flexibility index (Phi) is 14.7.